The molecule has 0 bridgehead atoms. The summed E-state index contributed by atoms with van der Waals surface area (Å²) < 4.78 is 0.680. The van der Waals surface area contributed by atoms with Gasteiger partial charge in [-0.1, -0.05) is 60.7 Å². The predicted molar refractivity (Wildman–Crippen MR) is 105 cm³/mol. The number of nitrogens with one attached hydrogen (secondary N) is 1. The second-order valence-corrected chi connectivity index (χ2v) is 8.32. The highest BCUT2D eigenvalue weighted by Crippen LogP contribution is 2.26. The third kappa shape index (κ3) is 5.00. The van der Waals surface area contributed by atoms with Gasteiger partial charge in [0.2, 0.25) is 11.0 Å². The molecule has 9 heteroatoms. The summed E-state index contributed by atoms with van der Waals surface area (Å²) >= 11 is 3.99. The number of nitrogens with two attached hydrogens (primary N) is 1. The van der Waals surface area contributed by atoms with Gasteiger partial charge in [-0.25, -0.2) is 4.98 Å². The maximum Gasteiger partial charge on any atom is 0.236 e. The van der Waals surface area contributed by atoms with Crippen LogP contribution in [-0.2, 0) is 11.2 Å². The molecule has 0 saturated carbocycles. The van der Waals surface area contributed by atoms with Gasteiger partial charge in [0.25, 0.3) is 0 Å². The predicted octanol–water partition coefficient (Wildman–Crippen LogP) is 3.93. The van der Waals surface area contributed by atoms with Gasteiger partial charge in [0, 0.05) is 10.9 Å². The van der Waals surface area contributed by atoms with E-state index >= 15 is 0 Å². The van der Waals surface area contributed by atoms with Crippen molar-refractivity contribution in [3.8, 4) is 11.3 Å². The largest absolute Gasteiger partial charge is 0.374 e. The van der Waals surface area contributed by atoms with Crippen LogP contribution in [0.15, 0.2) is 34.0 Å². The van der Waals surface area contributed by atoms with Gasteiger partial charge in [0.05, 0.1) is 11.4 Å². The van der Waals surface area contributed by atoms with E-state index in [1.807, 2.05) is 5.38 Å². The SMILES string of the molecule is CCCc1ccc(-c2csc(NC(=O)CSc3nnc(N)s3)n2)cc1. The highest BCUT2D eigenvalue weighted by atomic mass is 32.2. The van der Waals surface area contributed by atoms with Crippen molar-refractivity contribution in [2.24, 2.45) is 0 Å². The van der Waals surface area contributed by atoms with E-state index in [1.165, 1.54) is 40.0 Å². The average Bonchev–Trinajstić information content (AvgIpc) is 3.23. The van der Waals surface area contributed by atoms with E-state index in [1.54, 1.807) is 0 Å². The highest BCUT2D eigenvalue weighted by Gasteiger charge is 2.10. The third-order valence-electron chi connectivity index (χ3n) is 3.29. The van der Waals surface area contributed by atoms with Crippen LogP contribution >= 0.6 is 34.4 Å². The molecule has 3 rings (SSSR count). The van der Waals surface area contributed by atoms with Crippen molar-refractivity contribution in [3.05, 3.63) is 35.2 Å². The number of benzene rings is 1. The van der Waals surface area contributed by atoms with Gasteiger partial charge in [-0.3, -0.25) is 4.79 Å². The maximum atomic E-state index is 12.0. The Labute approximate surface area is 157 Å². The number of carbonyl (C=O) groups excluding carboxylic acids is 1. The Balaban J connectivity index is 1.56. The molecule has 2 heterocycles. The summed E-state index contributed by atoms with van der Waals surface area (Å²) in [5.74, 6) is 0.118. The van der Waals surface area contributed by atoms with Crippen molar-refractivity contribution in [2.45, 2.75) is 24.1 Å². The number of anilines is 2. The summed E-state index contributed by atoms with van der Waals surface area (Å²) in [7, 11) is 0. The molecular formula is C16H17N5OS3. The number of nitrogens with zero attached hydrogens (tertiary/aromatic N) is 3. The highest BCUT2D eigenvalue weighted by molar-refractivity contribution is 8.01. The molecule has 130 valence electrons. The van der Waals surface area contributed by atoms with Crippen molar-refractivity contribution in [1.29, 1.82) is 0 Å². The first kappa shape index (κ1) is 17.8. The van der Waals surface area contributed by atoms with E-state index in [0.717, 1.165) is 24.1 Å². The number of nitrogen functional groups attached to an aromatic ring is 1. The van der Waals surface area contributed by atoms with Crippen molar-refractivity contribution < 1.29 is 4.79 Å². The Morgan fingerprint density at radius 2 is 2.08 bits per heavy atom. The Kier molecular flexibility index (Phi) is 6.00. The maximum absolute atomic E-state index is 12.0. The van der Waals surface area contributed by atoms with E-state index in [2.05, 4.69) is 51.7 Å². The monoisotopic (exact) mass is 391 g/mol. The van der Waals surface area contributed by atoms with Crippen LogP contribution in [0.3, 0.4) is 0 Å². The molecule has 0 fully saturated rings. The molecule has 1 aromatic carbocycles. The van der Waals surface area contributed by atoms with E-state index < -0.39 is 0 Å². The van der Waals surface area contributed by atoms with Crippen LogP contribution in [0.5, 0.6) is 0 Å². The summed E-state index contributed by atoms with van der Waals surface area (Å²) in [6, 6.07) is 8.39. The Morgan fingerprint density at radius 3 is 2.76 bits per heavy atom. The molecule has 3 N–H and O–H groups in total. The van der Waals surface area contributed by atoms with E-state index in [0.29, 0.717) is 14.6 Å². The number of thioether (sulfide) groups is 1. The molecule has 0 unspecified atom stereocenters. The molecule has 0 aliphatic carbocycles. The normalized spacial score (nSPS) is 10.8. The Morgan fingerprint density at radius 1 is 1.28 bits per heavy atom. The third-order valence-corrected chi connectivity index (χ3v) is 5.93. The fourth-order valence-electron chi connectivity index (χ4n) is 2.16. The fourth-order valence-corrected chi connectivity index (χ4v) is 4.33. The van der Waals surface area contributed by atoms with Crippen LogP contribution in [0.4, 0.5) is 10.3 Å². The minimum absolute atomic E-state index is 0.127. The molecule has 25 heavy (non-hydrogen) atoms. The van der Waals surface area contributed by atoms with Crippen LogP contribution in [0.2, 0.25) is 0 Å². The number of aromatic nitrogens is 3. The summed E-state index contributed by atoms with van der Waals surface area (Å²) in [5, 5.41) is 13.3. The summed E-state index contributed by atoms with van der Waals surface area (Å²) in [5.41, 5.74) is 8.76. The molecule has 0 radical (unpaired) electrons. The number of thiazole rings is 1. The molecular weight excluding hydrogens is 374 g/mol. The number of amides is 1. The number of carbonyl (C=O) groups is 1. The first-order valence-corrected chi connectivity index (χ1v) is 10.4. The van der Waals surface area contributed by atoms with Crippen LogP contribution in [0.1, 0.15) is 18.9 Å². The lowest BCUT2D eigenvalue weighted by Crippen LogP contribution is -2.13. The molecule has 0 atom stereocenters. The minimum Gasteiger partial charge on any atom is -0.374 e. The van der Waals surface area contributed by atoms with Crippen molar-refractivity contribution in [1.82, 2.24) is 15.2 Å². The first-order valence-electron chi connectivity index (χ1n) is 7.70. The molecule has 3 aromatic rings. The van der Waals surface area contributed by atoms with E-state index in [4.69, 9.17) is 5.73 Å². The van der Waals surface area contributed by atoms with Gasteiger partial charge in [0.15, 0.2) is 9.47 Å². The standard InChI is InChI=1S/C16H17N5OS3/c1-2-3-10-4-6-11(7-5-10)12-8-23-15(18-12)19-13(22)9-24-16-21-20-14(17)25-16/h4-8H,2-3,9H2,1H3,(H2,17,20)(H,18,19,22). The molecule has 0 aliphatic heterocycles. The molecule has 0 aliphatic rings. The van der Waals surface area contributed by atoms with Crippen LogP contribution in [0.25, 0.3) is 11.3 Å². The topological polar surface area (TPSA) is 93.8 Å². The van der Waals surface area contributed by atoms with Crippen molar-refractivity contribution >= 4 is 50.6 Å². The van der Waals surface area contributed by atoms with E-state index in [9.17, 15) is 4.79 Å². The number of rotatable bonds is 7. The van der Waals surface area contributed by atoms with Crippen molar-refractivity contribution in [3.63, 3.8) is 0 Å². The van der Waals surface area contributed by atoms with Crippen LogP contribution in [-0.4, -0.2) is 26.8 Å². The lowest BCUT2D eigenvalue weighted by molar-refractivity contribution is -0.113. The first-order chi connectivity index (χ1) is 12.1. The van der Waals surface area contributed by atoms with Gasteiger partial charge in [0.1, 0.15) is 0 Å². The number of aryl methyl sites for hydroxylation is 1. The zero-order chi connectivity index (χ0) is 17.6. The zero-order valence-corrected chi connectivity index (χ0v) is 16.0. The quantitative estimate of drug-likeness (QED) is 0.593. The van der Waals surface area contributed by atoms with Gasteiger partial charge in [-0.2, -0.15) is 0 Å². The summed E-state index contributed by atoms with van der Waals surface area (Å²) in [6.45, 7) is 2.17. The molecule has 2 aromatic heterocycles. The second kappa shape index (κ2) is 8.41. The lowest BCUT2D eigenvalue weighted by atomic mass is 10.1. The molecule has 6 nitrogen and oxygen atoms in total. The number of hydrogen-bond acceptors (Lipinski definition) is 8. The van der Waals surface area contributed by atoms with Crippen molar-refractivity contribution in [2.75, 3.05) is 16.8 Å². The van der Waals surface area contributed by atoms with Gasteiger partial charge in [-0.15, -0.1) is 21.5 Å². The minimum atomic E-state index is -0.127. The van der Waals surface area contributed by atoms with E-state index in [-0.39, 0.29) is 11.7 Å². The number of hydrogen-bond donors (Lipinski definition) is 2. The second-order valence-electron chi connectivity index (χ2n) is 5.23. The Hall–Kier alpha value is -1.97. The van der Waals surface area contributed by atoms with Gasteiger partial charge in [-0.05, 0) is 12.0 Å². The fraction of sp³-hybridized carbons (Fsp3) is 0.250. The van der Waals surface area contributed by atoms with Crippen LogP contribution in [0, 0.1) is 0 Å². The Bertz CT molecular complexity index is 844. The lowest BCUT2D eigenvalue weighted by Gasteiger charge is -2.01. The molecule has 0 spiro atoms. The van der Waals surface area contributed by atoms with Gasteiger partial charge < -0.3 is 11.1 Å². The summed E-state index contributed by atoms with van der Waals surface area (Å²) in [4.78, 5) is 16.5. The van der Waals surface area contributed by atoms with Gasteiger partial charge >= 0.3 is 0 Å². The van der Waals surface area contributed by atoms with Crippen LogP contribution < -0.4 is 11.1 Å². The smallest absolute Gasteiger partial charge is 0.236 e. The zero-order valence-electron chi connectivity index (χ0n) is 13.6. The molecule has 1 amide bonds. The average molecular weight is 392 g/mol. The molecule has 0 saturated heterocycles. The summed E-state index contributed by atoms with van der Waals surface area (Å²) in [6.07, 6.45) is 2.21.